The molecule has 156 valence electrons. The van der Waals surface area contributed by atoms with Gasteiger partial charge < -0.3 is 20.7 Å². The molecule has 0 fully saturated rings. The number of carbonyl (C=O) groups excluding carboxylic acids is 1. The number of hydrogen-bond acceptors (Lipinski definition) is 4. The maximum absolute atomic E-state index is 11.4. The van der Waals surface area contributed by atoms with Crippen molar-refractivity contribution in [1.29, 1.82) is 0 Å². The molecule has 0 bridgehead atoms. The molecule has 2 heterocycles. The molecule has 1 aromatic heterocycles. The number of nitrogens with one attached hydrogen (secondary N) is 3. The lowest BCUT2D eigenvalue weighted by atomic mass is 10.0. The van der Waals surface area contributed by atoms with Crippen LogP contribution in [0.15, 0.2) is 41.5 Å². The van der Waals surface area contributed by atoms with Crippen LogP contribution in [0.4, 0.5) is 5.69 Å². The van der Waals surface area contributed by atoms with Crippen molar-refractivity contribution in [1.82, 2.24) is 15.6 Å². The number of aliphatic imine (C=N–C) groups is 1. The van der Waals surface area contributed by atoms with Crippen molar-refractivity contribution in [2.75, 3.05) is 32.1 Å². The number of aryl methyl sites for hydroxylation is 1. The van der Waals surface area contributed by atoms with Gasteiger partial charge in [0.15, 0.2) is 5.96 Å². The van der Waals surface area contributed by atoms with Crippen molar-refractivity contribution >= 4 is 53.1 Å². The minimum Gasteiger partial charge on any atom is -0.492 e. The molecule has 1 aromatic carbocycles. The lowest BCUT2D eigenvalue weighted by Crippen LogP contribution is -2.40. The molecule has 0 saturated heterocycles. The summed E-state index contributed by atoms with van der Waals surface area (Å²) in [5.74, 6) is 1.59. The first-order valence-corrected chi connectivity index (χ1v) is 9.62. The standard InChI is InChI=1S/C20H24ClN5O2.HI/c1-22-20(23-9-8-14-2-6-18(21)25-13-14)24-10-11-28-16-4-5-17-15(12-16)3-7-19(27)26-17;/h2,4-6,12-13H,3,7-11H2,1H3,(H,26,27)(H2,22,23,24);1H. The second-order valence-corrected chi connectivity index (χ2v) is 6.77. The first kappa shape index (κ1) is 23.2. The summed E-state index contributed by atoms with van der Waals surface area (Å²) >= 11 is 5.79. The fourth-order valence-corrected chi connectivity index (χ4v) is 3.00. The number of benzene rings is 1. The van der Waals surface area contributed by atoms with Crippen LogP contribution in [0, 0.1) is 0 Å². The number of rotatable bonds is 7. The van der Waals surface area contributed by atoms with Crippen LogP contribution < -0.4 is 20.7 Å². The average Bonchev–Trinajstić information content (AvgIpc) is 2.71. The van der Waals surface area contributed by atoms with Crippen molar-refractivity contribution in [3.8, 4) is 5.75 Å². The van der Waals surface area contributed by atoms with E-state index in [9.17, 15) is 4.79 Å². The number of halogens is 2. The van der Waals surface area contributed by atoms with Crippen molar-refractivity contribution in [2.45, 2.75) is 19.3 Å². The molecule has 0 radical (unpaired) electrons. The van der Waals surface area contributed by atoms with Crippen LogP contribution in [0.2, 0.25) is 5.15 Å². The number of pyridine rings is 1. The molecule has 3 N–H and O–H groups in total. The molecule has 1 aliphatic rings. The number of hydrogen-bond donors (Lipinski definition) is 3. The van der Waals surface area contributed by atoms with Crippen LogP contribution in [0.3, 0.4) is 0 Å². The predicted octanol–water partition coefficient (Wildman–Crippen LogP) is 3.02. The molecular weight excluding hydrogens is 505 g/mol. The summed E-state index contributed by atoms with van der Waals surface area (Å²) in [5, 5.41) is 9.85. The second kappa shape index (κ2) is 11.8. The molecule has 9 heteroatoms. The third-order valence-corrected chi connectivity index (χ3v) is 4.58. The lowest BCUT2D eigenvalue weighted by Gasteiger charge is -2.18. The van der Waals surface area contributed by atoms with Crippen molar-refractivity contribution < 1.29 is 9.53 Å². The van der Waals surface area contributed by atoms with E-state index in [1.165, 1.54) is 0 Å². The highest BCUT2D eigenvalue weighted by Gasteiger charge is 2.14. The van der Waals surface area contributed by atoms with Gasteiger partial charge in [0.2, 0.25) is 5.91 Å². The van der Waals surface area contributed by atoms with E-state index in [1.807, 2.05) is 24.3 Å². The minimum atomic E-state index is 0. The van der Waals surface area contributed by atoms with Crippen LogP contribution >= 0.6 is 35.6 Å². The summed E-state index contributed by atoms with van der Waals surface area (Å²) in [4.78, 5) is 19.7. The molecule has 29 heavy (non-hydrogen) atoms. The third kappa shape index (κ3) is 7.36. The number of guanidine groups is 1. The summed E-state index contributed by atoms with van der Waals surface area (Å²) in [6.07, 6.45) is 3.87. The second-order valence-electron chi connectivity index (χ2n) is 6.38. The molecule has 0 unspecified atom stereocenters. The SMILES string of the molecule is CN=C(NCCOc1ccc2c(c1)CCC(=O)N2)NCCc1ccc(Cl)nc1.I. The van der Waals surface area contributed by atoms with Crippen LogP contribution in [0.25, 0.3) is 0 Å². The summed E-state index contributed by atoms with van der Waals surface area (Å²) in [7, 11) is 1.73. The summed E-state index contributed by atoms with van der Waals surface area (Å²) < 4.78 is 5.80. The van der Waals surface area contributed by atoms with E-state index in [4.69, 9.17) is 16.3 Å². The Morgan fingerprint density at radius 1 is 1.24 bits per heavy atom. The van der Waals surface area contributed by atoms with Gasteiger partial charge in [0.1, 0.15) is 17.5 Å². The van der Waals surface area contributed by atoms with Gasteiger partial charge in [-0.3, -0.25) is 9.79 Å². The Hall–Kier alpha value is -2.07. The molecule has 0 atom stereocenters. The number of carbonyl (C=O) groups is 1. The Morgan fingerprint density at radius 2 is 2.07 bits per heavy atom. The first-order chi connectivity index (χ1) is 13.6. The minimum absolute atomic E-state index is 0. The lowest BCUT2D eigenvalue weighted by molar-refractivity contribution is -0.116. The van der Waals surface area contributed by atoms with Crippen molar-refractivity contribution in [3.63, 3.8) is 0 Å². The normalized spacial score (nSPS) is 13.0. The summed E-state index contributed by atoms with van der Waals surface area (Å²) in [6, 6.07) is 9.50. The fraction of sp³-hybridized carbons (Fsp3) is 0.350. The molecule has 3 rings (SSSR count). The van der Waals surface area contributed by atoms with E-state index in [-0.39, 0.29) is 29.9 Å². The Balaban J connectivity index is 0.00000300. The molecular formula is C20H25ClIN5O2. The zero-order valence-corrected chi connectivity index (χ0v) is 19.3. The molecule has 2 aromatic rings. The molecule has 0 saturated carbocycles. The summed E-state index contributed by atoms with van der Waals surface area (Å²) in [6.45, 7) is 1.86. The number of aromatic nitrogens is 1. The monoisotopic (exact) mass is 529 g/mol. The van der Waals surface area contributed by atoms with Crippen LogP contribution in [-0.2, 0) is 17.6 Å². The van der Waals surface area contributed by atoms with Gasteiger partial charge in [-0.25, -0.2) is 4.98 Å². The maximum Gasteiger partial charge on any atom is 0.224 e. The van der Waals surface area contributed by atoms with E-state index in [2.05, 4.69) is 25.9 Å². The Morgan fingerprint density at radius 3 is 2.83 bits per heavy atom. The number of ether oxygens (including phenoxy) is 1. The molecule has 1 aliphatic heterocycles. The van der Waals surface area contributed by atoms with Gasteiger partial charge in [-0.05, 0) is 48.2 Å². The molecule has 0 aliphatic carbocycles. The zero-order chi connectivity index (χ0) is 19.8. The number of anilines is 1. The van der Waals surface area contributed by atoms with Gasteiger partial charge in [-0.2, -0.15) is 0 Å². The highest BCUT2D eigenvalue weighted by atomic mass is 127. The first-order valence-electron chi connectivity index (χ1n) is 9.24. The average molecular weight is 530 g/mol. The van der Waals surface area contributed by atoms with E-state index in [1.54, 1.807) is 19.3 Å². The highest BCUT2D eigenvalue weighted by Crippen LogP contribution is 2.26. The van der Waals surface area contributed by atoms with Crippen molar-refractivity contribution in [3.05, 3.63) is 52.8 Å². The van der Waals surface area contributed by atoms with Gasteiger partial charge in [0.05, 0.1) is 6.54 Å². The van der Waals surface area contributed by atoms with Crippen LogP contribution in [0.1, 0.15) is 17.5 Å². The predicted molar refractivity (Wildman–Crippen MR) is 127 cm³/mol. The number of nitrogens with zero attached hydrogens (tertiary/aromatic N) is 2. The number of amides is 1. The Bertz CT molecular complexity index is 845. The van der Waals surface area contributed by atoms with Gasteiger partial charge in [0, 0.05) is 31.9 Å². The van der Waals surface area contributed by atoms with Gasteiger partial charge in [-0.15, -0.1) is 24.0 Å². The summed E-state index contributed by atoms with van der Waals surface area (Å²) in [5.41, 5.74) is 3.10. The zero-order valence-electron chi connectivity index (χ0n) is 16.2. The van der Waals surface area contributed by atoms with E-state index < -0.39 is 0 Å². The smallest absolute Gasteiger partial charge is 0.224 e. The largest absolute Gasteiger partial charge is 0.492 e. The van der Waals surface area contributed by atoms with E-state index in [0.717, 1.165) is 47.9 Å². The van der Waals surface area contributed by atoms with Crippen LogP contribution in [0.5, 0.6) is 5.75 Å². The molecule has 0 spiro atoms. The topological polar surface area (TPSA) is 87.6 Å². The van der Waals surface area contributed by atoms with Gasteiger partial charge >= 0.3 is 0 Å². The highest BCUT2D eigenvalue weighted by molar-refractivity contribution is 14.0. The maximum atomic E-state index is 11.4. The van der Waals surface area contributed by atoms with E-state index in [0.29, 0.717) is 24.7 Å². The Kier molecular flexibility index (Phi) is 9.46. The third-order valence-electron chi connectivity index (χ3n) is 4.35. The van der Waals surface area contributed by atoms with Crippen molar-refractivity contribution in [2.24, 2.45) is 4.99 Å². The molecule has 7 nitrogen and oxygen atoms in total. The van der Waals surface area contributed by atoms with Gasteiger partial charge in [-0.1, -0.05) is 17.7 Å². The van der Waals surface area contributed by atoms with E-state index >= 15 is 0 Å². The number of fused-ring (bicyclic) bond motifs is 1. The Labute approximate surface area is 192 Å². The van der Waals surface area contributed by atoms with Gasteiger partial charge in [0.25, 0.3) is 0 Å². The van der Waals surface area contributed by atoms with Crippen LogP contribution in [-0.4, -0.2) is 43.6 Å². The fourth-order valence-electron chi connectivity index (χ4n) is 2.89. The molecule has 1 amide bonds. The quantitative estimate of drug-likeness (QED) is 0.169.